The molecule has 1 aliphatic heterocycles. The van der Waals surface area contributed by atoms with Crippen molar-refractivity contribution >= 4 is 0 Å². The highest BCUT2D eigenvalue weighted by atomic mass is 16.5. The molecule has 3 nitrogen and oxygen atoms in total. The van der Waals surface area contributed by atoms with E-state index in [1.165, 1.54) is 0 Å². The van der Waals surface area contributed by atoms with E-state index < -0.39 is 5.79 Å². The fourth-order valence-electron chi connectivity index (χ4n) is 1.74. The smallest absolute Gasteiger partial charge is 0.162 e. The van der Waals surface area contributed by atoms with Crippen molar-refractivity contribution in [1.29, 1.82) is 0 Å². The van der Waals surface area contributed by atoms with Crippen LogP contribution in [0.2, 0.25) is 0 Å². The summed E-state index contributed by atoms with van der Waals surface area (Å²) in [6, 6.07) is 0. The molecule has 3 heteroatoms. The Morgan fingerprint density at radius 3 is 2.00 bits per heavy atom. The van der Waals surface area contributed by atoms with E-state index in [0.717, 1.165) is 45.2 Å². The Morgan fingerprint density at radius 2 is 1.31 bits per heavy atom. The first-order chi connectivity index (χ1) is 6.21. The van der Waals surface area contributed by atoms with Gasteiger partial charge in [0.15, 0.2) is 5.79 Å². The Hall–Kier alpha value is -0.120. The highest BCUT2D eigenvalue weighted by Gasteiger charge is 2.21. The highest BCUT2D eigenvalue weighted by Crippen LogP contribution is 2.18. The summed E-state index contributed by atoms with van der Waals surface area (Å²) in [6.07, 6.45) is 6.17. The number of hydrogen-bond donors (Lipinski definition) is 3. The molecule has 0 spiro atoms. The Labute approximate surface area is 80.2 Å². The predicted molar refractivity (Wildman–Crippen MR) is 52.4 cm³/mol. The van der Waals surface area contributed by atoms with E-state index in [9.17, 15) is 10.2 Å². The second-order valence-corrected chi connectivity index (χ2v) is 4.00. The number of nitrogens with one attached hydrogen (secondary N) is 1. The molecule has 0 aromatic carbocycles. The van der Waals surface area contributed by atoms with Gasteiger partial charge in [-0.1, -0.05) is 6.42 Å². The van der Waals surface area contributed by atoms with Gasteiger partial charge in [-0.05, 0) is 38.8 Å². The van der Waals surface area contributed by atoms with Crippen LogP contribution in [0.5, 0.6) is 0 Å². The van der Waals surface area contributed by atoms with Gasteiger partial charge in [-0.2, -0.15) is 0 Å². The fraction of sp³-hybridized carbons (Fsp3) is 1.00. The van der Waals surface area contributed by atoms with Gasteiger partial charge >= 0.3 is 0 Å². The van der Waals surface area contributed by atoms with Gasteiger partial charge in [-0.25, -0.2) is 0 Å². The SMILES string of the molecule is OC1(O)CCCCCNCCCC1. The van der Waals surface area contributed by atoms with Gasteiger partial charge in [0.2, 0.25) is 0 Å². The van der Waals surface area contributed by atoms with Crippen LogP contribution in [0.15, 0.2) is 0 Å². The van der Waals surface area contributed by atoms with E-state index in [1.807, 2.05) is 0 Å². The molecule has 13 heavy (non-hydrogen) atoms. The predicted octanol–water partition coefficient (Wildman–Crippen LogP) is 1.00. The van der Waals surface area contributed by atoms with Crippen LogP contribution in [-0.4, -0.2) is 29.1 Å². The number of rotatable bonds is 0. The molecule has 78 valence electrons. The van der Waals surface area contributed by atoms with E-state index >= 15 is 0 Å². The zero-order valence-electron chi connectivity index (χ0n) is 8.26. The minimum absolute atomic E-state index is 0.522. The maximum Gasteiger partial charge on any atom is 0.162 e. The summed E-state index contributed by atoms with van der Waals surface area (Å²) >= 11 is 0. The van der Waals surface area contributed by atoms with Crippen molar-refractivity contribution in [3.63, 3.8) is 0 Å². The zero-order valence-corrected chi connectivity index (χ0v) is 8.26. The van der Waals surface area contributed by atoms with Crippen molar-refractivity contribution < 1.29 is 10.2 Å². The van der Waals surface area contributed by atoms with Gasteiger partial charge in [-0.15, -0.1) is 0 Å². The summed E-state index contributed by atoms with van der Waals surface area (Å²) in [5.74, 6) is -1.40. The molecule has 0 bridgehead atoms. The minimum Gasteiger partial charge on any atom is -0.366 e. The lowest BCUT2D eigenvalue weighted by Crippen LogP contribution is -2.27. The summed E-state index contributed by atoms with van der Waals surface area (Å²) in [7, 11) is 0. The average molecular weight is 187 g/mol. The molecule has 1 rings (SSSR count). The van der Waals surface area contributed by atoms with Gasteiger partial charge in [0.25, 0.3) is 0 Å². The molecule has 0 atom stereocenters. The van der Waals surface area contributed by atoms with Crippen LogP contribution >= 0.6 is 0 Å². The first kappa shape index (κ1) is 11.0. The molecular weight excluding hydrogens is 166 g/mol. The molecule has 0 aliphatic carbocycles. The Kier molecular flexibility index (Phi) is 4.70. The van der Waals surface area contributed by atoms with Gasteiger partial charge in [0, 0.05) is 12.8 Å². The van der Waals surface area contributed by atoms with E-state index in [1.54, 1.807) is 0 Å². The summed E-state index contributed by atoms with van der Waals surface area (Å²) in [5, 5.41) is 22.4. The topological polar surface area (TPSA) is 52.5 Å². The average Bonchev–Trinajstić information content (AvgIpc) is 2.10. The number of hydrogen-bond acceptors (Lipinski definition) is 3. The molecule has 1 aliphatic rings. The van der Waals surface area contributed by atoms with Gasteiger partial charge < -0.3 is 15.5 Å². The lowest BCUT2D eigenvalue weighted by atomic mass is 10.0. The van der Waals surface area contributed by atoms with Gasteiger partial charge in [0.1, 0.15) is 0 Å². The van der Waals surface area contributed by atoms with Crippen molar-refractivity contribution in [2.75, 3.05) is 13.1 Å². The molecule has 3 N–H and O–H groups in total. The minimum atomic E-state index is -1.40. The molecule has 0 unspecified atom stereocenters. The third-order valence-corrected chi connectivity index (χ3v) is 2.61. The first-order valence-electron chi connectivity index (χ1n) is 5.36. The second-order valence-electron chi connectivity index (χ2n) is 4.00. The van der Waals surface area contributed by atoms with Crippen LogP contribution in [0.1, 0.15) is 44.9 Å². The van der Waals surface area contributed by atoms with E-state index in [4.69, 9.17) is 0 Å². The second kappa shape index (κ2) is 5.58. The van der Waals surface area contributed by atoms with Crippen LogP contribution < -0.4 is 5.32 Å². The molecule has 0 amide bonds. The Bertz CT molecular complexity index is 123. The van der Waals surface area contributed by atoms with Crippen LogP contribution in [0, 0.1) is 0 Å². The first-order valence-corrected chi connectivity index (χ1v) is 5.36. The van der Waals surface area contributed by atoms with E-state index in [-0.39, 0.29) is 0 Å². The number of aliphatic hydroxyl groups is 2. The largest absolute Gasteiger partial charge is 0.366 e. The Morgan fingerprint density at radius 1 is 0.769 bits per heavy atom. The van der Waals surface area contributed by atoms with E-state index in [0.29, 0.717) is 12.8 Å². The molecule has 1 heterocycles. The van der Waals surface area contributed by atoms with Crippen LogP contribution in [0.25, 0.3) is 0 Å². The summed E-state index contributed by atoms with van der Waals surface area (Å²) in [6.45, 7) is 2.08. The monoisotopic (exact) mass is 187 g/mol. The molecular formula is C10H21NO2. The fourth-order valence-corrected chi connectivity index (χ4v) is 1.74. The third kappa shape index (κ3) is 5.24. The van der Waals surface area contributed by atoms with Crippen LogP contribution in [-0.2, 0) is 0 Å². The summed E-state index contributed by atoms with van der Waals surface area (Å²) < 4.78 is 0. The lowest BCUT2D eigenvalue weighted by Gasteiger charge is -2.21. The van der Waals surface area contributed by atoms with Crippen LogP contribution in [0.3, 0.4) is 0 Å². The van der Waals surface area contributed by atoms with Gasteiger partial charge in [-0.3, -0.25) is 0 Å². The van der Waals surface area contributed by atoms with Crippen molar-refractivity contribution in [2.24, 2.45) is 0 Å². The lowest BCUT2D eigenvalue weighted by molar-refractivity contribution is -0.171. The van der Waals surface area contributed by atoms with Crippen molar-refractivity contribution in [2.45, 2.75) is 50.7 Å². The molecule has 0 radical (unpaired) electrons. The Balaban J connectivity index is 2.27. The zero-order chi connectivity index (χ0) is 9.57. The molecule has 0 saturated carbocycles. The molecule has 1 saturated heterocycles. The van der Waals surface area contributed by atoms with E-state index in [2.05, 4.69) is 5.32 Å². The van der Waals surface area contributed by atoms with Crippen LogP contribution in [0.4, 0.5) is 0 Å². The van der Waals surface area contributed by atoms with Gasteiger partial charge in [0.05, 0.1) is 0 Å². The van der Waals surface area contributed by atoms with Crippen molar-refractivity contribution in [3.8, 4) is 0 Å². The maximum atomic E-state index is 9.52. The standard InChI is InChI=1S/C10H21NO2/c12-10(13)6-2-1-4-8-11-9-5-3-7-10/h11-13H,1-9H2. The van der Waals surface area contributed by atoms with Crippen molar-refractivity contribution in [1.82, 2.24) is 5.32 Å². The quantitative estimate of drug-likeness (QED) is 0.496. The maximum absolute atomic E-state index is 9.52. The summed E-state index contributed by atoms with van der Waals surface area (Å²) in [5.41, 5.74) is 0. The van der Waals surface area contributed by atoms with Crippen molar-refractivity contribution in [3.05, 3.63) is 0 Å². The molecule has 0 aromatic rings. The molecule has 1 fully saturated rings. The molecule has 0 aromatic heterocycles. The normalized spacial score (nSPS) is 26.3. The summed E-state index contributed by atoms with van der Waals surface area (Å²) in [4.78, 5) is 0. The third-order valence-electron chi connectivity index (χ3n) is 2.61. The highest BCUT2D eigenvalue weighted by molar-refractivity contribution is 4.66.